The molecule has 0 aromatic carbocycles. The molecule has 0 aliphatic carbocycles. The minimum atomic E-state index is -0.126. The monoisotopic (exact) mass is 196 g/mol. The molecule has 0 amide bonds. The number of aromatic nitrogens is 2. The lowest BCUT2D eigenvalue weighted by Crippen LogP contribution is -2.15. The van der Waals surface area contributed by atoms with Crippen LogP contribution in [0.1, 0.15) is 11.4 Å². The third-order valence-electron chi connectivity index (χ3n) is 1.75. The normalized spacial score (nSPS) is 15.6. The SMILES string of the molecule is O=C1CSc2ncc(CO)nc2C1. The van der Waals surface area contributed by atoms with Crippen molar-refractivity contribution in [3.05, 3.63) is 17.6 Å². The molecule has 0 fully saturated rings. The molecule has 0 atom stereocenters. The van der Waals surface area contributed by atoms with Crippen LogP contribution in [0.25, 0.3) is 0 Å². The molecule has 2 rings (SSSR count). The lowest BCUT2D eigenvalue weighted by atomic mass is 10.2. The van der Waals surface area contributed by atoms with Crippen LogP contribution >= 0.6 is 11.8 Å². The Hall–Kier alpha value is -0.940. The second-order valence-electron chi connectivity index (χ2n) is 2.78. The van der Waals surface area contributed by atoms with Gasteiger partial charge in [0.15, 0.2) is 0 Å². The molecule has 13 heavy (non-hydrogen) atoms. The van der Waals surface area contributed by atoms with Crippen molar-refractivity contribution in [3.8, 4) is 0 Å². The maximum absolute atomic E-state index is 11.1. The molecule has 1 aliphatic rings. The summed E-state index contributed by atoms with van der Waals surface area (Å²) in [6, 6.07) is 0. The Morgan fingerprint density at radius 1 is 1.62 bits per heavy atom. The van der Waals surface area contributed by atoms with Gasteiger partial charge in [0.2, 0.25) is 0 Å². The highest BCUT2D eigenvalue weighted by Gasteiger charge is 2.18. The van der Waals surface area contributed by atoms with Gasteiger partial charge in [-0.15, -0.1) is 0 Å². The van der Waals surface area contributed by atoms with Gasteiger partial charge in [-0.3, -0.25) is 9.78 Å². The second-order valence-corrected chi connectivity index (χ2v) is 3.74. The number of carbonyl (C=O) groups is 1. The molecule has 0 saturated carbocycles. The van der Waals surface area contributed by atoms with E-state index >= 15 is 0 Å². The number of aliphatic hydroxyl groups is 1. The van der Waals surface area contributed by atoms with E-state index in [2.05, 4.69) is 9.97 Å². The second kappa shape index (κ2) is 3.43. The van der Waals surface area contributed by atoms with Crippen molar-refractivity contribution < 1.29 is 9.90 Å². The Kier molecular flexibility index (Phi) is 2.28. The van der Waals surface area contributed by atoms with Crippen LogP contribution in [0.15, 0.2) is 11.2 Å². The minimum Gasteiger partial charge on any atom is -0.390 e. The van der Waals surface area contributed by atoms with Crippen LogP contribution in [0.2, 0.25) is 0 Å². The molecule has 68 valence electrons. The van der Waals surface area contributed by atoms with Gasteiger partial charge in [-0.05, 0) is 0 Å². The predicted molar refractivity (Wildman–Crippen MR) is 47.4 cm³/mol. The highest BCUT2D eigenvalue weighted by molar-refractivity contribution is 8.00. The average Bonchev–Trinajstić information content (AvgIpc) is 2.16. The van der Waals surface area contributed by atoms with Crippen molar-refractivity contribution in [2.24, 2.45) is 0 Å². The smallest absolute Gasteiger partial charge is 0.149 e. The summed E-state index contributed by atoms with van der Waals surface area (Å²) in [6.07, 6.45) is 1.89. The summed E-state index contributed by atoms with van der Waals surface area (Å²) in [6.45, 7) is -0.126. The van der Waals surface area contributed by atoms with E-state index in [0.717, 1.165) is 5.03 Å². The summed E-state index contributed by atoms with van der Waals surface area (Å²) in [5.41, 5.74) is 1.22. The summed E-state index contributed by atoms with van der Waals surface area (Å²) in [7, 11) is 0. The molecular weight excluding hydrogens is 188 g/mol. The van der Waals surface area contributed by atoms with Crippen LogP contribution in [0.3, 0.4) is 0 Å². The molecule has 1 aromatic heterocycles. The standard InChI is InChI=1S/C8H8N2O2S/c11-3-5-2-9-8-7(10-5)1-6(12)4-13-8/h2,11H,1,3-4H2. The van der Waals surface area contributed by atoms with Crippen LogP contribution in [-0.2, 0) is 17.8 Å². The number of ketones is 1. The number of carbonyl (C=O) groups excluding carboxylic acids is 1. The Morgan fingerprint density at radius 3 is 3.23 bits per heavy atom. The van der Waals surface area contributed by atoms with Crippen LogP contribution in [0.4, 0.5) is 0 Å². The summed E-state index contributed by atoms with van der Waals surface area (Å²) in [4.78, 5) is 19.3. The number of hydrogen-bond acceptors (Lipinski definition) is 5. The van der Waals surface area contributed by atoms with Crippen molar-refractivity contribution in [2.45, 2.75) is 18.1 Å². The Labute approximate surface area is 79.4 Å². The van der Waals surface area contributed by atoms with Crippen molar-refractivity contribution in [1.82, 2.24) is 9.97 Å². The lowest BCUT2D eigenvalue weighted by molar-refractivity contribution is -0.116. The summed E-state index contributed by atoms with van der Waals surface area (Å²) >= 11 is 1.41. The first-order chi connectivity index (χ1) is 6.29. The van der Waals surface area contributed by atoms with E-state index < -0.39 is 0 Å². The van der Waals surface area contributed by atoms with E-state index in [9.17, 15) is 4.79 Å². The first-order valence-corrected chi connectivity index (χ1v) is 4.88. The highest BCUT2D eigenvalue weighted by atomic mass is 32.2. The number of fused-ring (bicyclic) bond motifs is 1. The number of thioether (sulfide) groups is 1. The third-order valence-corrected chi connectivity index (χ3v) is 2.83. The van der Waals surface area contributed by atoms with E-state index in [1.54, 1.807) is 6.20 Å². The predicted octanol–water partition coefficient (Wildman–Crippen LogP) is 0.186. The van der Waals surface area contributed by atoms with Gasteiger partial charge in [-0.25, -0.2) is 4.98 Å². The fraction of sp³-hybridized carbons (Fsp3) is 0.375. The molecule has 0 spiro atoms. The first-order valence-electron chi connectivity index (χ1n) is 3.90. The van der Waals surface area contributed by atoms with Crippen molar-refractivity contribution in [2.75, 3.05) is 5.75 Å². The molecule has 0 unspecified atom stereocenters. The molecule has 0 bridgehead atoms. The molecule has 4 nitrogen and oxygen atoms in total. The van der Waals surface area contributed by atoms with Gasteiger partial charge in [0.1, 0.15) is 10.8 Å². The summed E-state index contributed by atoms with van der Waals surface area (Å²) in [5, 5.41) is 9.63. The number of nitrogens with zero attached hydrogens (tertiary/aromatic N) is 2. The van der Waals surface area contributed by atoms with E-state index in [-0.39, 0.29) is 12.4 Å². The van der Waals surface area contributed by atoms with E-state index in [1.807, 2.05) is 0 Å². The molecule has 1 aromatic rings. The van der Waals surface area contributed by atoms with Gasteiger partial charge in [0, 0.05) is 0 Å². The molecule has 1 aliphatic heterocycles. The molecule has 1 N–H and O–H groups in total. The number of rotatable bonds is 1. The molecular formula is C8H8N2O2S. The zero-order valence-electron chi connectivity index (χ0n) is 6.86. The zero-order chi connectivity index (χ0) is 9.26. The van der Waals surface area contributed by atoms with Gasteiger partial charge in [0.05, 0.1) is 36.4 Å². The van der Waals surface area contributed by atoms with Crippen LogP contribution in [-0.4, -0.2) is 26.6 Å². The Bertz CT molecular complexity index is 354. The van der Waals surface area contributed by atoms with Gasteiger partial charge in [-0.2, -0.15) is 0 Å². The number of Topliss-reactive ketones (excluding diaryl/α,β-unsaturated/α-hetero) is 1. The third kappa shape index (κ3) is 1.71. The van der Waals surface area contributed by atoms with Crippen LogP contribution in [0.5, 0.6) is 0 Å². The molecule has 5 heteroatoms. The maximum atomic E-state index is 11.1. The zero-order valence-corrected chi connectivity index (χ0v) is 7.67. The highest BCUT2D eigenvalue weighted by Crippen LogP contribution is 2.24. The lowest BCUT2D eigenvalue weighted by Gasteiger charge is -2.12. The fourth-order valence-corrected chi connectivity index (χ4v) is 1.97. The summed E-state index contributed by atoms with van der Waals surface area (Å²) in [5.74, 6) is 0.655. The van der Waals surface area contributed by atoms with E-state index in [0.29, 0.717) is 23.6 Å². The van der Waals surface area contributed by atoms with E-state index in [1.165, 1.54) is 11.8 Å². The van der Waals surface area contributed by atoms with Crippen molar-refractivity contribution in [3.63, 3.8) is 0 Å². The van der Waals surface area contributed by atoms with Crippen molar-refractivity contribution >= 4 is 17.5 Å². The van der Waals surface area contributed by atoms with Crippen molar-refractivity contribution in [1.29, 1.82) is 0 Å². The number of hydrogen-bond donors (Lipinski definition) is 1. The first kappa shape index (κ1) is 8.65. The summed E-state index contributed by atoms with van der Waals surface area (Å²) < 4.78 is 0. The van der Waals surface area contributed by atoms with E-state index in [4.69, 9.17) is 5.11 Å². The maximum Gasteiger partial charge on any atom is 0.149 e. The van der Waals surface area contributed by atoms with Crippen LogP contribution < -0.4 is 0 Å². The fourth-order valence-electron chi connectivity index (χ4n) is 1.16. The molecule has 0 saturated heterocycles. The van der Waals surface area contributed by atoms with Gasteiger partial charge < -0.3 is 5.11 Å². The largest absolute Gasteiger partial charge is 0.390 e. The molecule has 0 radical (unpaired) electrons. The van der Waals surface area contributed by atoms with Gasteiger partial charge in [0.25, 0.3) is 0 Å². The van der Waals surface area contributed by atoms with Crippen LogP contribution in [0, 0.1) is 0 Å². The Morgan fingerprint density at radius 2 is 2.46 bits per heavy atom. The Balaban J connectivity index is 2.38. The van der Waals surface area contributed by atoms with Gasteiger partial charge in [-0.1, -0.05) is 11.8 Å². The quantitative estimate of drug-likeness (QED) is 0.694. The minimum absolute atomic E-state index is 0.126. The topological polar surface area (TPSA) is 63.1 Å². The average molecular weight is 196 g/mol. The molecule has 2 heterocycles. The number of aliphatic hydroxyl groups excluding tert-OH is 1. The van der Waals surface area contributed by atoms with Gasteiger partial charge >= 0.3 is 0 Å².